The van der Waals surface area contributed by atoms with E-state index in [4.69, 9.17) is 9.47 Å². The maximum absolute atomic E-state index is 11.7. The van der Waals surface area contributed by atoms with Crippen molar-refractivity contribution in [1.29, 1.82) is 0 Å². The number of nitrogens with one attached hydrogen (secondary N) is 2. The summed E-state index contributed by atoms with van der Waals surface area (Å²) in [7, 11) is 1.74. The summed E-state index contributed by atoms with van der Waals surface area (Å²) in [5.41, 5.74) is -0.447. The highest BCUT2D eigenvalue weighted by Crippen LogP contribution is 2.10. The molecule has 0 saturated carbocycles. The third-order valence-electron chi connectivity index (χ3n) is 3.46. The highest BCUT2D eigenvalue weighted by Gasteiger charge is 2.18. The van der Waals surface area contributed by atoms with Gasteiger partial charge in [-0.05, 0) is 65.0 Å². The Kier molecular flexibility index (Phi) is 11.3. The maximum atomic E-state index is 11.7. The fourth-order valence-corrected chi connectivity index (χ4v) is 2.03. The molecule has 0 saturated heterocycles. The molecule has 0 aromatic rings. The molecule has 0 heterocycles. The molecule has 0 spiro atoms. The second-order valence-electron chi connectivity index (χ2n) is 7.14. The molecule has 0 bridgehead atoms. The zero-order chi connectivity index (χ0) is 17.0. The predicted octanol–water partition coefficient (Wildman–Crippen LogP) is 3.19. The molecule has 0 rings (SSSR count). The van der Waals surface area contributed by atoms with E-state index >= 15 is 0 Å². The van der Waals surface area contributed by atoms with E-state index in [1.54, 1.807) is 7.11 Å². The molecule has 1 amide bonds. The predicted molar refractivity (Wildman–Crippen MR) is 91.2 cm³/mol. The van der Waals surface area contributed by atoms with E-state index in [1.807, 2.05) is 20.8 Å². The first-order valence-electron chi connectivity index (χ1n) is 8.42. The summed E-state index contributed by atoms with van der Waals surface area (Å²) < 4.78 is 10.3. The van der Waals surface area contributed by atoms with Crippen LogP contribution >= 0.6 is 0 Å². The van der Waals surface area contributed by atoms with Crippen molar-refractivity contribution in [3.05, 3.63) is 0 Å². The van der Waals surface area contributed by atoms with Crippen LogP contribution in [0, 0.1) is 11.8 Å². The molecule has 0 aromatic heterocycles. The smallest absolute Gasteiger partial charge is 0.407 e. The van der Waals surface area contributed by atoms with Crippen LogP contribution in [0.1, 0.15) is 53.9 Å². The van der Waals surface area contributed by atoms with Crippen molar-refractivity contribution in [2.45, 2.75) is 59.5 Å². The quantitative estimate of drug-likeness (QED) is 0.575. The van der Waals surface area contributed by atoms with Crippen molar-refractivity contribution in [2.75, 3.05) is 33.4 Å². The molecule has 0 aromatic carbocycles. The number of carbonyl (C=O) groups excluding carboxylic acids is 1. The minimum Gasteiger partial charge on any atom is -0.444 e. The van der Waals surface area contributed by atoms with Crippen LogP contribution in [0.25, 0.3) is 0 Å². The van der Waals surface area contributed by atoms with Gasteiger partial charge in [-0.1, -0.05) is 13.8 Å². The zero-order valence-electron chi connectivity index (χ0n) is 15.3. The van der Waals surface area contributed by atoms with E-state index in [2.05, 4.69) is 24.5 Å². The normalized spacial score (nSPS) is 13.2. The Morgan fingerprint density at radius 2 is 1.77 bits per heavy atom. The van der Waals surface area contributed by atoms with Crippen LogP contribution in [0.2, 0.25) is 0 Å². The number of alkyl carbamates (subject to hydrolysis) is 1. The fourth-order valence-electron chi connectivity index (χ4n) is 2.03. The molecule has 0 radical (unpaired) electrons. The Morgan fingerprint density at radius 3 is 2.32 bits per heavy atom. The highest BCUT2D eigenvalue weighted by atomic mass is 16.6. The van der Waals surface area contributed by atoms with E-state index < -0.39 is 5.60 Å². The van der Waals surface area contributed by atoms with E-state index in [-0.39, 0.29) is 6.09 Å². The standard InChI is InChI=1S/C17H36N2O3/c1-14(2)15(12-18-10-8-7-9-11-21-6)13-19-16(20)22-17(3,4)5/h14-15,18H,7-13H2,1-6H3,(H,19,20). The average Bonchev–Trinajstić information content (AvgIpc) is 2.38. The van der Waals surface area contributed by atoms with Gasteiger partial charge in [-0.3, -0.25) is 0 Å². The molecular weight excluding hydrogens is 280 g/mol. The van der Waals surface area contributed by atoms with E-state index in [0.29, 0.717) is 18.4 Å². The molecule has 5 nitrogen and oxygen atoms in total. The van der Waals surface area contributed by atoms with Crippen molar-refractivity contribution in [3.8, 4) is 0 Å². The Hall–Kier alpha value is -0.810. The molecule has 1 atom stereocenters. The number of unbranched alkanes of at least 4 members (excludes halogenated alkanes) is 2. The summed E-state index contributed by atoms with van der Waals surface area (Å²) in [5, 5.41) is 6.35. The first-order chi connectivity index (χ1) is 10.3. The Labute approximate surface area is 136 Å². The number of ether oxygens (including phenoxy) is 2. The molecule has 0 aliphatic heterocycles. The van der Waals surface area contributed by atoms with Gasteiger partial charge in [0.25, 0.3) is 0 Å². The first kappa shape index (κ1) is 21.2. The first-order valence-corrected chi connectivity index (χ1v) is 8.42. The molecule has 22 heavy (non-hydrogen) atoms. The largest absolute Gasteiger partial charge is 0.444 e. The Bertz CT molecular complexity index is 288. The monoisotopic (exact) mass is 316 g/mol. The van der Waals surface area contributed by atoms with Crippen molar-refractivity contribution < 1.29 is 14.3 Å². The number of carbonyl (C=O) groups is 1. The summed E-state index contributed by atoms with van der Waals surface area (Å²) in [6, 6.07) is 0. The van der Waals surface area contributed by atoms with Gasteiger partial charge in [0.2, 0.25) is 0 Å². The van der Waals surface area contributed by atoms with Gasteiger partial charge in [-0.2, -0.15) is 0 Å². The second-order valence-corrected chi connectivity index (χ2v) is 7.14. The lowest BCUT2D eigenvalue weighted by Crippen LogP contribution is -2.39. The van der Waals surface area contributed by atoms with Crippen molar-refractivity contribution in [3.63, 3.8) is 0 Å². The average molecular weight is 316 g/mol. The molecule has 132 valence electrons. The van der Waals surface area contributed by atoms with Crippen molar-refractivity contribution in [2.24, 2.45) is 11.8 Å². The van der Waals surface area contributed by atoms with E-state index in [1.165, 1.54) is 6.42 Å². The summed E-state index contributed by atoms with van der Waals surface area (Å²) in [4.78, 5) is 11.7. The van der Waals surface area contributed by atoms with Gasteiger partial charge in [-0.15, -0.1) is 0 Å². The van der Waals surface area contributed by atoms with Gasteiger partial charge >= 0.3 is 6.09 Å². The molecule has 1 unspecified atom stereocenters. The minimum atomic E-state index is -0.447. The van der Waals surface area contributed by atoms with Crippen LogP contribution in [-0.2, 0) is 9.47 Å². The van der Waals surface area contributed by atoms with Crippen LogP contribution in [0.15, 0.2) is 0 Å². The molecular formula is C17H36N2O3. The SMILES string of the molecule is COCCCCCNCC(CNC(=O)OC(C)(C)C)C(C)C. The van der Waals surface area contributed by atoms with Gasteiger partial charge in [0, 0.05) is 20.3 Å². The lowest BCUT2D eigenvalue weighted by Gasteiger charge is -2.24. The van der Waals surface area contributed by atoms with Crippen molar-refractivity contribution >= 4 is 6.09 Å². The van der Waals surface area contributed by atoms with Crippen LogP contribution in [0.4, 0.5) is 4.79 Å². The van der Waals surface area contributed by atoms with Crippen LogP contribution in [-0.4, -0.2) is 45.0 Å². The summed E-state index contributed by atoms with van der Waals surface area (Å²) in [6.45, 7) is 13.4. The van der Waals surface area contributed by atoms with Gasteiger partial charge in [0.15, 0.2) is 0 Å². The van der Waals surface area contributed by atoms with Gasteiger partial charge in [0.05, 0.1) is 0 Å². The van der Waals surface area contributed by atoms with Crippen LogP contribution < -0.4 is 10.6 Å². The maximum Gasteiger partial charge on any atom is 0.407 e. The van der Waals surface area contributed by atoms with E-state index in [0.717, 1.165) is 32.5 Å². The summed E-state index contributed by atoms with van der Waals surface area (Å²) in [6.07, 6.45) is 3.13. The zero-order valence-corrected chi connectivity index (χ0v) is 15.3. The Morgan fingerprint density at radius 1 is 1.09 bits per heavy atom. The highest BCUT2D eigenvalue weighted by molar-refractivity contribution is 5.67. The molecule has 0 aliphatic rings. The summed E-state index contributed by atoms with van der Waals surface area (Å²) >= 11 is 0. The van der Waals surface area contributed by atoms with Gasteiger partial charge in [-0.25, -0.2) is 4.79 Å². The van der Waals surface area contributed by atoms with Crippen LogP contribution in [0.3, 0.4) is 0 Å². The number of rotatable bonds is 11. The van der Waals surface area contributed by atoms with Crippen molar-refractivity contribution in [1.82, 2.24) is 10.6 Å². The van der Waals surface area contributed by atoms with Gasteiger partial charge < -0.3 is 20.1 Å². The number of hydrogen-bond donors (Lipinski definition) is 2. The fraction of sp³-hybridized carbons (Fsp3) is 0.941. The Balaban J connectivity index is 3.85. The third kappa shape index (κ3) is 12.9. The lowest BCUT2D eigenvalue weighted by atomic mass is 9.95. The molecule has 0 aliphatic carbocycles. The molecule has 2 N–H and O–H groups in total. The second kappa shape index (κ2) is 11.7. The topological polar surface area (TPSA) is 59.6 Å². The van der Waals surface area contributed by atoms with Gasteiger partial charge in [0.1, 0.15) is 5.60 Å². The molecule has 5 heteroatoms. The third-order valence-corrected chi connectivity index (χ3v) is 3.46. The lowest BCUT2D eigenvalue weighted by molar-refractivity contribution is 0.0515. The minimum absolute atomic E-state index is 0.335. The number of hydrogen-bond acceptors (Lipinski definition) is 4. The summed E-state index contributed by atoms with van der Waals surface area (Å²) in [5.74, 6) is 0.919. The molecule has 0 fully saturated rings. The number of methoxy groups -OCH3 is 1. The van der Waals surface area contributed by atoms with Crippen LogP contribution in [0.5, 0.6) is 0 Å². The number of amides is 1. The van der Waals surface area contributed by atoms with E-state index in [9.17, 15) is 4.79 Å².